The smallest absolute Gasteiger partial charge is 0.408 e. The summed E-state index contributed by atoms with van der Waals surface area (Å²) < 4.78 is 6.63. The number of rotatable bonds is 3. The van der Waals surface area contributed by atoms with Crippen LogP contribution in [0.15, 0.2) is 57.9 Å². The molecule has 3 heterocycles. The maximum atomic E-state index is 12.9. The number of carbonyl (C=O) groups excluding carboxylic acids is 1. The average Bonchev–Trinajstić information content (AvgIpc) is 2.98. The predicted octanol–water partition coefficient (Wildman–Crippen LogP) is 2.74. The SMILES string of the molecule is O=C(Cn1c(=O)oc2ccccc21)N1CCCC[C@H]1c1ccccn1. The zero-order chi connectivity index (χ0) is 17.2. The highest BCUT2D eigenvalue weighted by Crippen LogP contribution is 2.30. The zero-order valence-electron chi connectivity index (χ0n) is 13.8. The Hall–Kier alpha value is -2.89. The van der Waals surface area contributed by atoms with Crippen LogP contribution < -0.4 is 5.76 Å². The molecule has 1 aromatic carbocycles. The Bertz CT molecular complexity index is 945. The van der Waals surface area contributed by atoms with Gasteiger partial charge in [0, 0.05) is 12.7 Å². The third kappa shape index (κ3) is 2.95. The standard InChI is InChI=1S/C19H19N3O3/c23-18(13-22-16-9-1-2-10-17(16)25-19(22)24)21-12-6-4-8-15(21)14-7-3-5-11-20-14/h1-3,5,7,9-11,15H,4,6,8,12-13H2/t15-/m0/s1. The molecular weight excluding hydrogens is 318 g/mol. The third-order valence-electron chi connectivity index (χ3n) is 4.72. The third-order valence-corrected chi connectivity index (χ3v) is 4.72. The van der Waals surface area contributed by atoms with Gasteiger partial charge in [0.2, 0.25) is 5.91 Å². The number of hydrogen-bond donors (Lipinski definition) is 0. The van der Waals surface area contributed by atoms with Crippen LogP contribution in [0.5, 0.6) is 0 Å². The van der Waals surface area contributed by atoms with E-state index in [0.717, 1.165) is 25.0 Å². The van der Waals surface area contributed by atoms with Crippen molar-refractivity contribution >= 4 is 17.0 Å². The Morgan fingerprint density at radius 2 is 2.00 bits per heavy atom. The van der Waals surface area contributed by atoms with Gasteiger partial charge in [-0.25, -0.2) is 4.79 Å². The lowest BCUT2D eigenvalue weighted by Gasteiger charge is -2.35. The van der Waals surface area contributed by atoms with E-state index in [4.69, 9.17) is 4.42 Å². The van der Waals surface area contributed by atoms with Crippen molar-refractivity contribution in [2.75, 3.05) is 6.54 Å². The molecule has 1 atom stereocenters. The van der Waals surface area contributed by atoms with Crippen molar-refractivity contribution in [1.29, 1.82) is 0 Å². The Morgan fingerprint density at radius 3 is 2.84 bits per heavy atom. The summed E-state index contributed by atoms with van der Waals surface area (Å²) in [6.07, 6.45) is 4.68. The molecule has 0 bridgehead atoms. The summed E-state index contributed by atoms with van der Waals surface area (Å²) in [6.45, 7) is 0.670. The highest BCUT2D eigenvalue weighted by molar-refractivity contribution is 5.80. The largest absolute Gasteiger partial charge is 0.420 e. The first-order valence-corrected chi connectivity index (χ1v) is 8.53. The van der Waals surface area contributed by atoms with Gasteiger partial charge in [-0.2, -0.15) is 0 Å². The summed E-state index contributed by atoms with van der Waals surface area (Å²) in [6, 6.07) is 12.9. The molecule has 2 aromatic heterocycles. The van der Waals surface area contributed by atoms with Crippen LogP contribution in [0.3, 0.4) is 0 Å². The molecule has 4 rings (SSSR count). The summed E-state index contributed by atoms with van der Waals surface area (Å²) in [5.74, 6) is -0.579. The van der Waals surface area contributed by atoms with Gasteiger partial charge in [0.1, 0.15) is 6.54 Å². The van der Waals surface area contributed by atoms with Crippen molar-refractivity contribution in [3.8, 4) is 0 Å². The first-order valence-electron chi connectivity index (χ1n) is 8.53. The molecule has 0 spiro atoms. The number of pyridine rings is 1. The molecule has 1 fully saturated rings. The summed E-state index contributed by atoms with van der Waals surface area (Å²) in [5, 5.41) is 0. The average molecular weight is 337 g/mol. The highest BCUT2D eigenvalue weighted by Gasteiger charge is 2.29. The van der Waals surface area contributed by atoms with Crippen molar-refractivity contribution in [2.45, 2.75) is 31.8 Å². The minimum Gasteiger partial charge on any atom is -0.408 e. The molecule has 1 saturated heterocycles. The number of nitrogens with zero attached hydrogens (tertiary/aromatic N) is 3. The first kappa shape index (κ1) is 15.6. The van der Waals surface area contributed by atoms with Crippen molar-refractivity contribution in [3.63, 3.8) is 0 Å². The molecule has 128 valence electrons. The number of piperidine rings is 1. The Kier molecular flexibility index (Phi) is 4.09. The first-order chi connectivity index (χ1) is 12.2. The monoisotopic (exact) mass is 337 g/mol. The fourth-order valence-electron chi connectivity index (χ4n) is 3.50. The molecule has 3 aromatic rings. The van der Waals surface area contributed by atoms with Gasteiger partial charge in [-0.05, 0) is 43.5 Å². The normalized spacial score (nSPS) is 17.8. The molecule has 6 heteroatoms. The minimum absolute atomic E-state index is 0.0147. The number of hydrogen-bond acceptors (Lipinski definition) is 4. The number of aromatic nitrogens is 2. The molecule has 0 saturated carbocycles. The predicted molar refractivity (Wildman–Crippen MR) is 93.0 cm³/mol. The topological polar surface area (TPSA) is 68.3 Å². The number of fused-ring (bicyclic) bond motifs is 1. The molecule has 0 unspecified atom stereocenters. The van der Waals surface area contributed by atoms with Crippen molar-refractivity contribution < 1.29 is 9.21 Å². The van der Waals surface area contributed by atoms with Crippen LogP contribution in [0.25, 0.3) is 11.1 Å². The maximum absolute atomic E-state index is 12.9. The second-order valence-electron chi connectivity index (χ2n) is 6.28. The van der Waals surface area contributed by atoms with E-state index in [2.05, 4.69) is 4.98 Å². The lowest BCUT2D eigenvalue weighted by molar-refractivity contribution is -0.135. The second kappa shape index (κ2) is 6.55. The Labute approximate surface area is 144 Å². The lowest BCUT2D eigenvalue weighted by atomic mass is 9.98. The molecule has 0 aliphatic carbocycles. The van der Waals surface area contributed by atoms with Gasteiger partial charge in [0.05, 0.1) is 17.3 Å². The van der Waals surface area contributed by atoms with Gasteiger partial charge >= 0.3 is 5.76 Å². The van der Waals surface area contributed by atoms with E-state index >= 15 is 0 Å². The van der Waals surface area contributed by atoms with Crippen LogP contribution in [0.4, 0.5) is 0 Å². The van der Waals surface area contributed by atoms with Crippen LogP contribution in [0, 0.1) is 0 Å². The van der Waals surface area contributed by atoms with Crippen molar-refractivity contribution in [1.82, 2.24) is 14.5 Å². The number of oxazole rings is 1. The van der Waals surface area contributed by atoms with Gasteiger partial charge in [-0.3, -0.25) is 14.3 Å². The molecule has 0 radical (unpaired) electrons. The van der Waals surface area contributed by atoms with E-state index in [1.807, 2.05) is 29.2 Å². The van der Waals surface area contributed by atoms with Crippen LogP contribution in [-0.4, -0.2) is 26.9 Å². The summed E-state index contributed by atoms with van der Waals surface area (Å²) in [7, 11) is 0. The fraction of sp³-hybridized carbons (Fsp3) is 0.316. The van der Waals surface area contributed by atoms with Gasteiger partial charge < -0.3 is 9.32 Å². The molecular formula is C19H19N3O3. The van der Waals surface area contributed by atoms with Crippen molar-refractivity contribution in [2.24, 2.45) is 0 Å². The number of para-hydroxylation sites is 2. The quantitative estimate of drug-likeness (QED) is 0.737. The zero-order valence-corrected chi connectivity index (χ0v) is 13.8. The number of benzene rings is 1. The van der Waals surface area contributed by atoms with Gasteiger partial charge in [-0.1, -0.05) is 18.2 Å². The van der Waals surface area contributed by atoms with E-state index < -0.39 is 5.76 Å². The van der Waals surface area contributed by atoms with Gasteiger partial charge in [0.25, 0.3) is 0 Å². The molecule has 6 nitrogen and oxygen atoms in total. The Morgan fingerprint density at radius 1 is 1.16 bits per heavy atom. The van der Waals surface area contributed by atoms with Crippen LogP contribution in [0.1, 0.15) is 31.0 Å². The van der Waals surface area contributed by atoms with E-state index in [1.165, 1.54) is 4.57 Å². The van der Waals surface area contributed by atoms with E-state index in [9.17, 15) is 9.59 Å². The molecule has 25 heavy (non-hydrogen) atoms. The van der Waals surface area contributed by atoms with Gasteiger partial charge in [-0.15, -0.1) is 0 Å². The summed E-state index contributed by atoms with van der Waals surface area (Å²) in [4.78, 5) is 31.3. The number of likely N-dealkylation sites (tertiary alicyclic amines) is 1. The number of amides is 1. The van der Waals surface area contributed by atoms with E-state index in [0.29, 0.717) is 17.6 Å². The van der Waals surface area contributed by atoms with Crippen LogP contribution >= 0.6 is 0 Å². The Balaban J connectivity index is 1.62. The van der Waals surface area contributed by atoms with Crippen molar-refractivity contribution in [3.05, 3.63) is 64.9 Å². The fourth-order valence-corrected chi connectivity index (χ4v) is 3.50. The number of carbonyl (C=O) groups is 1. The van der Waals surface area contributed by atoms with E-state index in [1.54, 1.807) is 24.4 Å². The van der Waals surface area contributed by atoms with E-state index in [-0.39, 0.29) is 18.5 Å². The van der Waals surface area contributed by atoms with Gasteiger partial charge in [0.15, 0.2) is 5.58 Å². The molecule has 1 aliphatic rings. The summed E-state index contributed by atoms with van der Waals surface area (Å²) in [5.41, 5.74) is 2.05. The molecule has 1 aliphatic heterocycles. The van der Waals surface area contributed by atoms with Crippen LogP contribution in [-0.2, 0) is 11.3 Å². The second-order valence-corrected chi connectivity index (χ2v) is 6.28. The minimum atomic E-state index is -0.499. The maximum Gasteiger partial charge on any atom is 0.420 e. The molecule has 0 N–H and O–H groups in total. The van der Waals surface area contributed by atoms with Crippen LogP contribution in [0.2, 0.25) is 0 Å². The summed E-state index contributed by atoms with van der Waals surface area (Å²) >= 11 is 0. The lowest BCUT2D eigenvalue weighted by Crippen LogP contribution is -2.41. The molecule has 1 amide bonds. The highest BCUT2D eigenvalue weighted by atomic mass is 16.4.